The fourth-order valence-corrected chi connectivity index (χ4v) is 2.39. The molecular weight excluding hydrogens is 238 g/mol. The summed E-state index contributed by atoms with van der Waals surface area (Å²) in [5, 5.41) is 2.81. The summed E-state index contributed by atoms with van der Waals surface area (Å²) in [5.41, 5.74) is 16.6. The maximum atomic E-state index is 11.3. The van der Waals surface area contributed by atoms with Crippen molar-refractivity contribution in [2.45, 2.75) is 12.5 Å². The summed E-state index contributed by atoms with van der Waals surface area (Å²) in [6.45, 7) is 0. The second-order valence-corrected chi connectivity index (χ2v) is 4.79. The van der Waals surface area contributed by atoms with E-state index in [9.17, 15) is 4.79 Å². The molecule has 0 aliphatic carbocycles. The largest absolute Gasteiger partial charge is 0.399 e. The van der Waals surface area contributed by atoms with Gasteiger partial charge in [0.25, 0.3) is 0 Å². The topological polar surface area (TPSA) is 81.1 Å². The zero-order chi connectivity index (χ0) is 13.4. The molecule has 5 N–H and O–H groups in total. The number of hydrogen-bond acceptors (Lipinski definition) is 3. The minimum absolute atomic E-state index is 0.0321. The number of benzene rings is 2. The highest BCUT2D eigenvalue weighted by Crippen LogP contribution is 2.28. The number of nitrogens with two attached hydrogens (primary N) is 2. The molecule has 4 nitrogen and oxygen atoms in total. The molecule has 2 aromatic carbocycles. The molecule has 19 heavy (non-hydrogen) atoms. The van der Waals surface area contributed by atoms with Gasteiger partial charge in [-0.2, -0.15) is 0 Å². The van der Waals surface area contributed by atoms with Gasteiger partial charge in [-0.15, -0.1) is 0 Å². The summed E-state index contributed by atoms with van der Waals surface area (Å²) in [7, 11) is 0. The predicted octanol–water partition coefficient (Wildman–Crippen LogP) is 1.81. The molecule has 0 saturated carbocycles. The lowest BCUT2D eigenvalue weighted by atomic mass is 9.97. The monoisotopic (exact) mass is 253 g/mol. The van der Waals surface area contributed by atoms with E-state index in [1.165, 1.54) is 0 Å². The molecule has 3 rings (SSSR count). The highest BCUT2D eigenvalue weighted by Gasteiger charge is 2.19. The molecule has 1 unspecified atom stereocenters. The Balaban J connectivity index is 1.95. The lowest BCUT2D eigenvalue weighted by Gasteiger charge is -2.14. The average molecular weight is 253 g/mol. The van der Waals surface area contributed by atoms with Gasteiger partial charge < -0.3 is 16.8 Å². The van der Waals surface area contributed by atoms with Crippen molar-refractivity contribution in [3.8, 4) is 0 Å². The first kappa shape index (κ1) is 11.7. The molecular formula is C15H15N3O. The van der Waals surface area contributed by atoms with Crippen LogP contribution in [0.15, 0.2) is 42.5 Å². The van der Waals surface area contributed by atoms with E-state index in [0.717, 1.165) is 22.4 Å². The third-order valence-electron chi connectivity index (χ3n) is 3.38. The second kappa shape index (κ2) is 4.40. The highest BCUT2D eigenvalue weighted by atomic mass is 16.1. The van der Waals surface area contributed by atoms with E-state index in [-0.39, 0.29) is 11.9 Å². The van der Waals surface area contributed by atoms with E-state index in [1.807, 2.05) is 42.5 Å². The molecule has 0 aromatic heterocycles. The van der Waals surface area contributed by atoms with Crippen molar-refractivity contribution in [3.63, 3.8) is 0 Å². The Morgan fingerprint density at radius 3 is 2.68 bits per heavy atom. The number of amides is 1. The average Bonchev–Trinajstić information content (AvgIpc) is 2.76. The van der Waals surface area contributed by atoms with Crippen LogP contribution in [0.3, 0.4) is 0 Å². The molecule has 0 fully saturated rings. The maximum Gasteiger partial charge on any atom is 0.228 e. The van der Waals surface area contributed by atoms with Crippen molar-refractivity contribution in [2.24, 2.45) is 5.73 Å². The maximum absolute atomic E-state index is 11.3. The molecule has 0 saturated heterocycles. The number of nitrogens with one attached hydrogen (secondary N) is 1. The van der Waals surface area contributed by atoms with Crippen molar-refractivity contribution >= 4 is 17.3 Å². The molecule has 1 aliphatic rings. The van der Waals surface area contributed by atoms with E-state index in [0.29, 0.717) is 12.1 Å². The van der Waals surface area contributed by atoms with Crippen molar-refractivity contribution in [2.75, 3.05) is 11.1 Å². The molecule has 1 heterocycles. The third kappa shape index (κ3) is 2.18. The van der Waals surface area contributed by atoms with E-state index < -0.39 is 0 Å². The van der Waals surface area contributed by atoms with Crippen LogP contribution in [0.5, 0.6) is 0 Å². The van der Waals surface area contributed by atoms with Crippen LogP contribution in [-0.2, 0) is 11.2 Å². The minimum atomic E-state index is -0.232. The summed E-state index contributed by atoms with van der Waals surface area (Å²) >= 11 is 0. The fraction of sp³-hybridized carbons (Fsp3) is 0.133. The first-order chi connectivity index (χ1) is 9.13. The Hall–Kier alpha value is -2.33. The summed E-state index contributed by atoms with van der Waals surface area (Å²) in [6, 6.07) is 13.2. The highest BCUT2D eigenvalue weighted by molar-refractivity contribution is 5.99. The smallest absolute Gasteiger partial charge is 0.228 e. The van der Waals surface area contributed by atoms with Crippen molar-refractivity contribution in [1.82, 2.24) is 0 Å². The van der Waals surface area contributed by atoms with Crippen molar-refractivity contribution in [1.29, 1.82) is 0 Å². The van der Waals surface area contributed by atoms with Crippen LogP contribution in [0.25, 0.3) is 0 Å². The van der Waals surface area contributed by atoms with Crippen LogP contribution in [0.1, 0.15) is 22.7 Å². The number of nitrogen functional groups attached to an aromatic ring is 1. The number of anilines is 2. The van der Waals surface area contributed by atoms with Crippen molar-refractivity contribution in [3.05, 3.63) is 59.2 Å². The SMILES string of the molecule is Nc1cccc(C(N)c2ccc3c(c2)CC(=O)N3)c1. The Bertz CT molecular complexity index is 652. The van der Waals surface area contributed by atoms with E-state index in [1.54, 1.807) is 0 Å². The van der Waals surface area contributed by atoms with Crippen LogP contribution in [0.2, 0.25) is 0 Å². The summed E-state index contributed by atoms with van der Waals surface area (Å²) in [5.74, 6) is 0.0321. The number of carbonyl (C=O) groups excluding carboxylic acids is 1. The molecule has 0 radical (unpaired) electrons. The van der Waals surface area contributed by atoms with E-state index >= 15 is 0 Å². The van der Waals surface area contributed by atoms with Gasteiger partial charge in [0.1, 0.15) is 0 Å². The van der Waals surface area contributed by atoms with Crippen LogP contribution < -0.4 is 16.8 Å². The van der Waals surface area contributed by atoms with Crippen LogP contribution in [-0.4, -0.2) is 5.91 Å². The first-order valence-corrected chi connectivity index (χ1v) is 6.17. The normalized spacial score (nSPS) is 14.9. The molecule has 0 spiro atoms. The standard InChI is InChI=1S/C15H15N3O/c16-12-3-1-2-9(7-12)15(17)10-4-5-13-11(6-10)8-14(19)18-13/h1-7,15H,8,16-17H2,(H,18,19). The van der Waals surface area contributed by atoms with Crippen LogP contribution in [0, 0.1) is 0 Å². The molecule has 96 valence electrons. The Labute approximate surface area is 111 Å². The Kier molecular flexibility index (Phi) is 2.72. The lowest BCUT2D eigenvalue weighted by Crippen LogP contribution is -2.12. The first-order valence-electron chi connectivity index (χ1n) is 6.17. The number of hydrogen-bond donors (Lipinski definition) is 3. The van der Waals surface area contributed by atoms with Gasteiger partial charge in [0.15, 0.2) is 0 Å². The summed E-state index contributed by atoms with van der Waals surface area (Å²) < 4.78 is 0. The minimum Gasteiger partial charge on any atom is -0.399 e. The molecule has 4 heteroatoms. The van der Waals surface area contributed by atoms with Gasteiger partial charge in [-0.3, -0.25) is 4.79 Å². The van der Waals surface area contributed by atoms with Crippen molar-refractivity contribution < 1.29 is 4.79 Å². The van der Waals surface area contributed by atoms with Gasteiger partial charge in [0.2, 0.25) is 5.91 Å². The van der Waals surface area contributed by atoms with Gasteiger partial charge in [0, 0.05) is 11.4 Å². The molecule has 1 atom stereocenters. The fourth-order valence-electron chi connectivity index (χ4n) is 2.39. The zero-order valence-corrected chi connectivity index (χ0v) is 10.4. The van der Waals surface area contributed by atoms with Crippen LogP contribution >= 0.6 is 0 Å². The van der Waals surface area contributed by atoms with E-state index in [4.69, 9.17) is 11.5 Å². The number of fused-ring (bicyclic) bond motifs is 1. The van der Waals surface area contributed by atoms with E-state index in [2.05, 4.69) is 5.32 Å². The molecule has 1 amide bonds. The molecule has 1 aliphatic heterocycles. The molecule has 0 bridgehead atoms. The van der Waals surface area contributed by atoms with Gasteiger partial charge in [-0.25, -0.2) is 0 Å². The molecule has 2 aromatic rings. The summed E-state index contributed by atoms with van der Waals surface area (Å²) in [6.07, 6.45) is 0.423. The third-order valence-corrected chi connectivity index (χ3v) is 3.38. The van der Waals surface area contributed by atoms with Gasteiger partial charge in [-0.05, 0) is 34.9 Å². The number of carbonyl (C=O) groups is 1. The quantitative estimate of drug-likeness (QED) is 0.714. The second-order valence-electron chi connectivity index (χ2n) is 4.79. The lowest BCUT2D eigenvalue weighted by molar-refractivity contribution is -0.115. The van der Waals surface area contributed by atoms with Gasteiger partial charge >= 0.3 is 0 Å². The Morgan fingerprint density at radius 1 is 1.11 bits per heavy atom. The summed E-state index contributed by atoms with van der Waals surface area (Å²) in [4.78, 5) is 11.3. The number of rotatable bonds is 2. The van der Waals surface area contributed by atoms with Crippen LogP contribution in [0.4, 0.5) is 11.4 Å². The predicted molar refractivity (Wildman–Crippen MR) is 75.7 cm³/mol. The van der Waals surface area contributed by atoms with Gasteiger partial charge in [-0.1, -0.05) is 24.3 Å². The Morgan fingerprint density at radius 2 is 1.89 bits per heavy atom. The van der Waals surface area contributed by atoms with Gasteiger partial charge in [0.05, 0.1) is 12.5 Å². The zero-order valence-electron chi connectivity index (χ0n) is 10.4.